The summed E-state index contributed by atoms with van der Waals surface area (Å²) in [5, 5.41) is 8.93. The van der Waals surface area contributed by atoms with Gasteiger partial charge in [-0.25, -0.2) is 0 Å². The van der Waals surface area contributed by atoms with Crippen molar-refractivity contribution in [2.45, 2.75) is 19.6 Å². The predicted molar refractivity (Wildman–Crippen MR) is 82.0 cm³/mol. The molecule has 8 heteroatoms. The van der Waals surface area contributed by atoms with Crippen molar-refractivity contribution in [1.29, 1.82) is 0 Å². The first-order valence-electron chi connectivity index (χ1n) is 6.80. The third-order valence-electron chi connectivity index (χ3n) is 3.13. The van der Waals surface area contributed by atoms with Gasteiger partial charge in [-0.2, -0.15) is 24.9 Å². The second-order valence-electron chi connectivity index (χ2n) is 5.14. The van der Waals surface area contributed by atoms with Crippen LogP contribution in [-0.2, 0) is 22.3 Å². The van der Waals surface area contributed by atoms with Crippen molar-refractivity contribution < 1.29 is 27.9 Å². The number of hydrogen-bond donors (Lipinski definition) is 1. The maximum absolute atomic E-state index is 12.5. The van der Waals surface area contributed by atoms with Crippen molar-refractivity contribution in [2.24, 2.45) is 5.92 Å². The normalized spacial score (nSPS) is 12.7. The summed E-state index contributed by atoms with van der Waals surface area (Å²) in [6.07, 6.45) is -2.59. The molecule has 0 radical (unpaired) electrons. The molecule has 128 valence electrons. The van der Waals surface area contributed by atoms with E-state index in [0.29, 0.717) is 11.3 Å². The maximum Gasteiger partial charge on any atom is 0.416 e. The average Bonchev–Trinajstić information content (AvgIpc) is 2.45. The van der Waals surface area contributed by atoms with Gasteiger partial charge in [0.2, 0.25) is 5.91 Å². The monoisotopic (exact) mass is 349 g/mol. The quantitative estimate of drug-likeness (QED) is 0.822. The van der Waals surface area contributed by atoms with Crippen molar-refractivity contribution in [1.82, 2.24) is 4.90 Å². The highest BCUT2D eigenvalue weighted by Gasteiger charge is 2.30. The van der Waals surface area contributed by atoms with Crippen LogP contribution in [0.3, 0.4) is 0 Å². The van der Waals surface area contributed by atoms with Crippen molar-refractivity contribution in [3.8, 4) is 0 Å². The summed E-state index contributed by atoms with van der Waals surface area (Å²) in [6.45, 7) is 1.17. The number of alkyl halides is 3. The first-order chi connectivity index (χ1) is 10.6. The van der Waals surface area contributed by atoms with Crippen LogP contribution in [0.15, 0.2) is 24.3 Å². The molecular formula is C15H18F3NO3S. The SMILES string of the molecule is CSCC(C)C(=O)N(CC(=O)O)Cc1ccc(C(F)(F)F)cc1. The molecule has 0 saturated carbocycles. The topological polar surface area (TPSA) is 57.6 Å². The highest BCUT2D eigenvalue weighted by molar-refractivity contribution is 7.98. The molecule has 1 amide bonds. The molecule has 1 unspecified atom stereocenters. The van der Waals surface area contributed by atoms with E-state index in [0.717, 1.165) is 17.0 Å². The van der Waals surface area contributed by atoms with Crippen LogP contribution in [0.4, 0.5) is 13.2 Å². The van der Waals surface area contributed by atoms with Crippen LogP contribution in [0.2, 0.25) is 0 Å². The summed E-state index contributed by atoms with van der Waals surface area (Å²) < 4.78 is 37.6. The minimum absolute atomic E-state index is 0.0397. The number of halogens is 3. The van der Waals surface area contributed by atoms with E-state index in [1.807, 2.05) is 6.26 Å². The van der Waals surface area contributed by atoms with Gasteiger partial charge >= 0.3 is 12.1 Å². The average molecular weight is 349 g/mol. The number of rotatable bonds is 7. The fraction of sp³-hybridized carbons (Fsp3) is 0.467. The van der Waals surface area contributed by atoms with Gasteiger partial charge in [-0.05, 0) is 24.0 Å². The molecule has 4 nitrogen and oxygen atoms in total. The van der Waals surface area contributed by atoms with Crippen LogP contribution in [0.1, 0.15) is 18.1 Å². The lowest BCUT2D eigenvalue weighted by Crippen LogP contribution is -2.39. The zero-order valence-electron chi connectivity index (χ0n) is 12.8. The Hall–Kier alpha value is -1.70. The molecule has 0 aliphatic heterocycles. The second kappa shape index (κ2) is 8.24. The van der Waals surface area contributed by atoms with E-state index in [2.05, 4.69) is 0 Å². The van der Waals surface area contributed by atoms with Crippen LogP contribution < -0.4 is 0 Å². The third kappa shape index (κ3) is 6.13. The number of carboxylic acids is 1. The predicted octanol–water partition coefficient (Wildman–Crippen LogP) is 3.12. The van der Waals surface area contributed by atoms with E-state index in [1.165, 1.54) is 23.9 Å². The number of benzene rings is 1. The third-order valence-corrected chi connectivity index (χ3v) is 3.96. The van der Waals surface area contributed by atoms with E-state index in [9.17, 15) is 22.8 Å². The Morgan fingerprint density at radius 1 is 1.26 bits per heavy atom. The molecule has 23 heavy (non-hydrogen) atoms. The Bertz CT molecular complexity index is 546. The largest absolute Gasteiger partial charge is 0.480 e. The maximum atomic E-state index is 12.5. The number of nitrogens with zero attached hydrogens (tertiary/aromatic N) is 1. The van der Waals surface area contributed by atoms with Gasteiger partial charge in [-0.3, -0.25) is 9.59 Å². The zero-order valence-corrected chi connectivity index (χ0v) is 13.6. The highest BCUT2D eigenvalue weighted by Crippen LogP contribution is 2.29. The molecule has 0 aromatic heterocycles. The summed E-state index contributed by atoms with van der Waals surface area (Å²) >= 11 is 1.47. The number of carboxylic acid groups (broad SMARTS) is 1. The summed E-state index contributed by atoms with van der Waals surface area (Å²) in [5.41, 5.74) is -0.336. The summed E-state index contributed by atoms with van der Waals surface area (Å²) in [5.74, 6) is -1.32. The smallest absolute Gasteiger partial charge is 0.416 e. The van der Waals surface area contributed by atoms with E-state index >= 15 is 0 Å². The second-order valence-corrected chi connectivity index (χ2v) is 6.05. The Morgan fingerprint density at radius 2 is 1.83 bits per heavy atom. The van der Waals surface area contributed by atoms with Crippen molar-refractivity contribution in [2.75, 3.05) is 18.6 Å². The Morgan fingerprint density at radius 3 is 2.26 bits per heavy atom. The zero-order chi connectivity index (χ0) is 17.6. The number of aliphatic carboxylic acids is 1. The molecule has 1 rings (SSSR count). The first-order valence-corrected chi connectivity index (χ1v) is 8.20. The molecule has 0 heterocycles. The van der Waals surface area contributed by atoms with Gasteiger partial charge in [0, 0.05) is 18.2 Å². The fourth-order valence-electron chi connectivity index (χ4n) is 2.03. The molecule has 0 bridgehead atoms. The standard InChI is InChI=1S/C15H18F3NO3S/c1-10(9-23-2)14(22)19(8-13(20)21)7-11-3-5-12(6-4-11)15(16,17)18/h3-6,10H,7-9H2,1-2H3,(H,20,21). The van der Waals surface area contributed by atoms with Crippen LogP contribution in [-0.4, -0.2) is 40.4 Å². The molecular weight excluding hydrogens is 331 g/mol. The van der Waals surface area contributed by atoms with Gasteiger partial charge in [-0.1, -0.05) is 19.1 Å². The lowest BCUT2D eigenvalue weighted by molar-refractivity contribution is -0.146. The number of carbonyl (C=O) groups excluding carboxylic acids is 1. The highest BCUT2D eigenvalue weighted by atomic mass is 32.2. The van der Waals surface area contributed by atoms with Gasteiger partial charge in [-0.15, -0.1) is 0 Å². The van der Waals surface area contributed by atoms with Gasteiger partial charge in [0.25, 0.3) is 0 Å². The van der Waals surface area contributed by atoms with E-state index in [-0.39, 0.29) is 18.4 Å². The van der Waals surface area contributed by atoms with Gasteiger partial charge in [0.05, 0.1) is 5.56 Å². The van der Waals surface area contributed by atoms with Crippen LogP contribution in [0.25, 0.3) is 0 Å². The molecule has 0 aliphatic rings. The number of hydrogen-bond acceptors (Lipinski definition) is 3. The molecule has 0 spiro atoms. The summed E-state index contributed by atoms with van der Waals surface area (Å²) in [7, 11) is 0. The minimum atomic E-state index is -4.43. The van der Waals surface area contributed by atoms with E-state index in [1.54, 1.807) is 6.92 Å². The van der Waals surface area contributed by atoms with Crippen molar-refractivity contribution >= 4 is 23.6 Å². The minimum Gasteiger partial charge on any atom is -0.480 e. The van der Waals surface area contributed by atoms with Crippen LogP contribution in [0.5, 0.6) is 0 Å². The fourth-order valence-corrected chi connectivity index (χ4v) is 2.67. The molecule has 1 aromatic rings. The molecule has 1 atom stereocenters. The van der Waals surface area contributed by atoms with Gasteiger partial charge in [0.15, 0.2) is 0 Å². The number of amides is 1. The number of thioether (sulfide) groups is 1. The lowest BCUT2D eigenvalue weighted by atomic mass is 10.1. The molecule has 0 aliphatic carbocycles. The molecule has 1 aromatic carbocycles. The Labute approximate surface area is 136 Å². The Kier molecular flexibility index (Phi) is 6.93. The first kappa shape index (κ1) is 19.3. The lowest BCUT2D eigenvalue weighted by Gasteiger charge is -2.24. The molecule has 0 saturated heterocycles. The van der Waals surface area contributed by atoms with Crippen LogP contribution >= 0.6 is 11.8 Å². The van der Waals surface area contributed by atoms with Crippen molar-refractivity contribution in [3.63, 3.8) is 0 Å². The molecule has 1 N–H and O–H groups in total. The van der Waals surface area contributed by atoms with Crippen molar-refractivity contribution in [3.05, 3.63) is 35.4 Å². The van der Waals surface area contributed by atoms with Gasteiger partial charge in [0.1, 0.15) is 6.54 Å². The van der Waals surface area contributed by atoms with E-state index < -0.39 is 24.3 Å². The molecule has 0 fully saturated rings. The van der Waals surface area contributed by atoms with Gasteiger partial charge < -0.3 is 10.0 Å². The Balaban J connectivity index is 2.88. The summed E-state index contributed by atoms with van der Waals surface area (Å²) in [4.78, 5) is 24.3. The van der Waals surface area contributed by atoms with E-state index in [4.69, 9.17) is 5.11 Å². The summed E-state index contributed by atoms with van der Waals surface area (Å²) in [6, 6.07) is 4.35. The number of carbonyl (C=O) groups is 2. The van der Waals surface area contributed by atoms with Crippen LogP contribution in [0, 0.1) is 5.92 Å².